The fraction of sp³-hybridized carbons (Fsp3) is 0.250. The van der Waals surface area contributed by atoms with Gasteiger partial charge in [-0.25, -0.2) is 0 Å². The minimum atomic E-state index is -0.561. The molecule has 0 saturated heterocycles. The monoisotopic (exact) mass is 320 g/mol. The Bertz CT molecular complexity index is 591. The number of aliphatic hydroxyl groups is 1. The van der Waals surface area contributed by atoms with E-state index in [1.807, 2.05) is 36.4 Å². The summed E-state index contributed by atoms with van der Waals surface area (Å²) in [5.41, 5.74) is 3.20. The number of rotatable bonds is 3. The second kappa shape index (κ2) is 5.76. The van der Waals surface area contributed by atoms with E-state index in [1.54, 1.807) is 6.92 Å². The molecule has 0 bridgehead atoms. The van der Waals surface area contributed by atoms with Gasteiger partial charge in [-0.2, -0.15) is 0 Å². The van der Waals surface area contributed by atoms with E-state index in [0.29, 0.717) is 5.75 Å². The Morgan fingerprint density at radius 3 is 2.42 bits per heavy atom. The Morgan fingerprint density at radius 2 is 1.79 bits per heavy atom. The summed E-state index contributed by atoms with van der Waals surface area (Å²) in [7, 11) is 0. The molecule has 2 aromatic carbocycles. The third-order valence-corrected chi connectivity index (χ3v) is 3.63. The first-order valence-corrected chi connectivity index (χ1v) is 6.99. The molecule has 0 spiro atoms. The molecule has 100 valence electrons. The lowest BCUT2D eigenvalue weighted by molar-refractivity contribution is 0.195. The predicted molar refractivity (Wildman–Crippen MR) is 80.8 cm³/mol. The SMILES string of the molecule is Cc1ccc(Oc2cc(Br)ccc2C(C)O)cc1C. The molecular formula is C16H17BrO2. The van der Waals surface area contributed by atoms with E-state index in [4.69, 9.17) is 4.74 Å². The number of halogens is 1. The maximum absolute atomic E-state index is 9.78. The normalized spacial score (nSPS) is 12.3. The van der Waals surface area contributed by atoms with Crippen LogP contribution in [0.25, 0.3) is 0 Å². The summed E-state index contributed by atoms with van der Waals surface area (Å²) in [5.74, 6) is 1.45. The zero-order valence-corrected chi connectivity index (χ0v) is 12.9. The molecule has 3 heteroatoms. The third-order valence-electron chi connectivity index (χ3n) is 3.13. The van der Waals surface area contributed by atoms with Crippen molar-refractivity contribution in [3.05, 3.63) is 57.6 Å². The quantitative estimate of drug-likeness (QED) is 0.870. The summed E-state index contributed by atoms with van der Waals surface area (Å²) in [5, 5.41) is 9.78. The molecule has 0 amide bonds. The van der Waals surface area contributed by atoms with E-state index >= 15 is 0 Å². The molecule has 0 aromatic heterocycles. The summed E-state index contributed by atoms with van der Waals surface area (Å²) < 4.78 is 6.82. The van der Waals surface area contributed by atoms with Gasteiger partial charge in [0.05, 0.1) is 6.10 Å². The highest BCUT2D eigenvalue weighted by atomic mass is 79.9. The Labute approximate surface area is 122 Å². The van der Waals surface area contributed by atoms with Crippen LogP contribution in [0, 0.1) is 13.8 Å². The smallest absolute Gasteiger partial charge is 0.134 e. The molecule has 0 heterocycles. The number of aryl methyl sites for hydroxylation is 2. The van der Waals surface area contributed by atoms with Crippen LogP contribution in [-0.2, 0) is 0 Å². The van der Waals surface area contributed by atoms with Crippen molar-refractivity contribution in [3.63, 3.8) is 0 Å². The number of benzene rings is 2. The predicted octanol–water partition coefficient (Wildman–Crippen LogP) is 4.91. The molecule has 0 aliphatic heterocycles. The maximum atomic E-state index is 9.78. The molecule has 1 unspecified atom stereocenters. The molecule has 0 radical (unpaired) electrons. The highest BCUT2D eigenvalue weighted by Gasteiger charge is 2.11. The van der Waals surface area contributed by atoms with Crippen LogP contribution in [0.15, 0.2) is 40.9 Å². The summed E-state index contributed by atoms with van der Waals surface area (Å²) >= 11 is 3.42. The number of ether oxygens (including phenoxy) is 1. The van der Waals surface area contributed by atoms with Crippen molar-refractivity contribution >= 4 is 15.9 Å². The van der Waals surface area contributed by atoms with Crippen molar-refractivity contribution in [1.29, 1.82) is 0 Å². The average molecular weight is 321 g/mol. The van der Waals surface area contributed by atoms with Crippen molar-refractivity contribution in [3.8, 4) is 11.5 Å². The van der Waals surface area contributed by atoms with E-state index in [-0.39, 0.29) is 0 Å². The summed E-state index contributed by atoms with van der Waals surface area (Å²) in [6.07, 6.45) is -0.561. The van der Waals surface area contributed by atoms with Gasteiger partial charge in [0, 0.05) is 10.0 Å². The molecule has 2 nitrogen and oxygen atoms in total. The second-order valence-corrected chi connectivity index (χ2v) is 5.62. The fourth-order valence-electron chi connectivity index (χ4n) is 1.85. The van der Waals surface area contributed by atoms with Gasteiger partial charge in [-0.15, -0.1) is 0 Å². The standard InChI is InChI=1S/C16H17BrO2/c1-10-4-6-14(8-11(10)2)19-16-9-13(17)5-7-15(16)12(3)18/h4-9,12,18H,1-3H3. The Balaban J connectivity index is 2.36. The van der Waals surface area contributed by atoms with Crippen LogP contribution in [-0.4, -0.2) is 5.11 Å². The molecular weight excluding hydrogens is 304 g/mol. The molecule has 2 aromatic rings. The molecule has 0 saturated carbocycles. The van der Waals surface area contributed by atoms with E-state index in [1.165, 1.54) is 11.1 Å². The Kier molecular flexibility index (Phi) is 4.27. The van der Waals surface area contributed by atoms with E-state index in [0.717, 1.165) is 15.8 Å². The lowest BCUT2D eigenvalue weighted by Gasteiger charge is -2.14. The van der Waals surface area contributed by atoms with Crippen LogP contribution in [0.1, 0.15) is 29.7 Å². The van der Waals surface area contributed by atoms with Gasteiger partial charge in [-0.05, 0) is 56.2 Å². The Hall–Kier alpha value is -1.32. The van der Waals surface area contributed by atoms with Crippen molar-refractivity contribution < 1.29 is 9.84 Å². The van der Waals surface area contributed by atoms with Gasteiger partial charge >= 0.3 is 0 Å². The topological polar surface area (TPSA) is 29.5 Å². The zero-order chi connectivity index (χ0) is 14.0. The van der Waals surface area contributed by atoms with Crippen molar-refractivity contribution in [2.24, 2.45) is 0 Å². The van der Waals surface area contributed by atoms with E-state index in [2.05, 4.69) is 29.8 Å². The number of aliphatic hydroxyl groups excluding tert-OH is 1. The zero-order valence-electron chi connectivity index (χ0n) is 11.3. The largest absolute Gasteiger partial charge is 0.457 e. The van der Waals surface area contributed by atoms with Gasteiger partial charge < -0.3 is 9.84 Å². The minimum absolute atomic E-state index is 0.561. The van der Waals surface area contributed by atoms with Crippen molar-refractivity contribution in [2.45, 2.75) is 26.9 Å². The third kappa shape index (κ3) is 3.37. The molecule has 19 heavy (non-hydrogen) atoms. The van der Waals surface area contributed by atoms with Crippen LogP contribution in [0.5, 0.6) is 11.5 Å². The highest BCUT2D eigenvalue weighted by molar-refractivity contribution is 9.10. The average Bonchev–Trinajstić information content (AvgIpc) is 2.33. The lowest BCUT2D eigenvalue weighted by Crippen LogP contribution is -1.96. The fourth-order valence-corrected chi connectivity index (χ4v) is 2.19. The first-order chi connectivity index (χ1) is 8.97. The van der Waals surface area contributed by atoms with Crippen LogP contribution >= 0.6 is 15.9 Å². The molecule has 1 atom stereocenters. The van der Waals surface area contributed by atoms with Crippen LogP contribution in [0.2, 0.25) is 0 Å². The number of hydrogen-bond donors (Lipinski definition) is 1. The van der Waals surface area contributed by atoms with Gasteiger partial charge in [-0.1, -0.05) is 28.1 Å². The molecule has 2 rings (SSSR count). The van der Waals surface area contributed by atoms with Crippen molar-refractivity contribution in [2.75, 3.05) is 0 Å². The lowest BCUT2D eigenvalue weighted by atomic mass is 10.1. The summed E-state index contributed by atoms with van der Waals surface area (Å²) in [6.45, 7) is 5.86. The molecule has 0 aliphatic rings. The first-order valence-electron chi connectivity index (χ1n) is 6.20. The second-order valence-electron chi connectivity index (χ2n) is 4.71. The summed E-state index contributed by atoms with van der Waals surface area (Å²) in [6, 6.07) is 11.6. The molecule has 0 aliphatic carbocycles. The van der Waals surface area contributed by atoms with Gasteiger partial charge in [0.2, 0.25) is 0 Å². The van der Waals surface area contributed by atoms with E-state index in [9.17, 15) is 5.11 Å². The highest BCUT2D eigenvalue weighted by Crippen LogP contribution is 2.32. The number of hydrogen-bond acceptors (Lipinski definition) is 2. The van der Waals surface area contributed by atoms with Gasteiger partial charge in [0.25, 0.3) is 0 Å². The minimum Gasteiger partial charge on any atom is -0.457 e. The van der Waals surface area contributed by atoms with Gasteiger partial charge in [0.15, 0.2) is 0 Å². The van der Waals surface area contributed by atoms with Crippen LogP contribution in [0.4, 0.5) is 0 Å². The van der Waals surface area contributed by atoms with Crippen LogP contribution < -0.4 is 4.74 Å². The van der Waals surface area contributed by atoms with Crippen molar-refractivity contribution in [1.82, 2.24) is 0 Å². The van der Waals surface area contributed by atoms with Gasteiger partial charge in [0.1, 0.15) is 11.5 Å². The maximum Gasteiger partial charge on any atom is 0.134 e. The van der Waals surface area contributed by atoms with E-state index < -0.39 is 6.10 Å². The molecule has 0 fully saturated rings. The molecule has 1 N–H and O–H groups in total. The first kappa shape index (κ1) is 14.1. The van der Waals surface area contributed by atoms with Gasteiger partial charge in [-0.3, -0.25) is 0 Å². The van der Waals surface area contributed by atoms with Crippen LogP contribution in [0.3, 0.4) is 0 Å². The Morgan fingerprint density at radius 1 is 1.05 bits per heavy atom. The summed E-state index contributed by atoms with van der Waals surface area (Å²) in [4.78, 5) is 0.